The van der Waals surface area contributed by atoms with Gasteiger partial charge in [0.2, 0.25) is 0 Å². The largest absolute Gasteiger partial charge is 0.489 e. The van der Waals surface area contributed by atoms with Crippen LogP contribution in [0.1, 0.15) is 21.5 Å². The highest BCUT2D eigenvalue weighted by Crippen LogP contribution is 2.27. The van der Waals surface area contributed by atoms with Crippen LogP contribution in [0.15, 0.2) is 120 Å². The summed E-state index contributed by atoms with van der Waals surface area (Å²) in [5, 5.41) is 2.72. The lowest BCUT2D eigenvalue weighted by atomic mass is 10.2. The van der Waals surface area contributed by atoms with E-state index >= 15 is 0 Å². The van der Waals surface area contributed by atoms with E-state index in [0.717, 1.165) is 16.0 Å². The number of carbonyl (C=O) groups excluding carboxylic acids is 3. The van der Waals surface area contributed by atoms with Crippen LogP contribution in [-0.4, -0.2) is 22.7 Å². The van der Waals surface area contributed by atoms with Gasteiger partial charge in [0.05, 0.1) is 12.1 Å². The summed E-state index contributed by atoms with van der Waals surface area (Å²) < 4.78 is 11.2. The number of imide groups is 1. The molecule has 0 unspecified atom stereocenters. The standard InChI is InChI=1S/C31H23ClN2O5/c32-27-28(30(36)34(29(27)35)19-21-7-3-1-4-8-21)33-24-13-11-23(12-14-24)31(37)39-26-17-15-25(16-18-26)38-20-22-9-5-2-6-10-22/h1-18,33H,19-20H2. The third-order valence-electron chi connectivity index (χ3n) is 5.97. The van der Waals surface area contributed by atoms with E-state index in [2.05, 4.69) is 5.32 Å². The first kappa shape index (κ1) is 25.8. The molecule has 1 aliphatic heterocycles. The van der Waals surface area contributed by atoms with E-state index in [0.29, 0.717) is 29.4 Å². The molecule has 0 fully saturated rings. The van der Waals surface area contributed by atoms with Crippen LogP contribution in [0.5, 0.6) is 11.5 Å². The molecule has 0 saturated heterocycles. The van der Waals surface area contributed by atoms with Gasteiger partial charge in [-0.25, -0.2) is 4.79 Å². The highest BCUT2D eigenvalue weighted by molar-refractivity contribution is 6.48. The van der Waals surface area contributed by atoms with Crippen molar-refractivity contribution in [1.29, 1.82) is 0 Å². The lowest BCUT2D eigenvalue weighted by Gasteiger charge is -2.15. The minimum Gasteiger partial charge on any atom is -0.489 e. The molecule has 0 spiro atoms. The number of anilines is 1. The Morgan fingerprint density at radius 2 is 1.31 bits per heavy atom. The van der Waals surface area contributed by atoms with Crippen molar-refractivity contribution in [3.8, 4) is 11.5 Å². The summed E-state index contributed by atoms with van der Waals surface area (Å²) in [6.07, 6.45) is 0. The molecule has 2 amide bonds. The van der Waals surface area contributed by atoms with Crippen molar-refractivity contribution in [3.63, 3.8) is 0 Å². The average molecular weight is 539 g/mol. The molecule has 0 bridgehead atoms. The summed E-state index contributed by atoms with van der Waals surface area (Å²) in [7, 11) is 0. The van der Waals surface area contributed by atoms with Gasteiger partial charge in [0.25, 0.3) is 11.8 Å². The fourth-order valence-electron chi connectivity index (χ4n) is 3.91. The second-order valence-corrected chi connectivity index (χ2v) is 9.09. The number of halogens is 1. The van der Waals surface area contributed by atoms with Crippen LogP contribution in [0.4, 0.5) is 5.69 Å². The lowest BCUT2D eigenvalue weighted by molar-refractivity contribution is -0.138. The number of benzene rings is 4. The molecule has 1 heterocycles. The van der Waals surface area contributed by atoms with Crippen LogP contribution in [0, 0.1) is 0 Å². The van der Waals surface area contributed by atoms with Crippen LogP contribution in [0.25, 0.3) is 0 Å². The maximum absolute atomic E-state index is 12.9. The number of nitrogens with zero attached hydrogens (tertiary/aromatic N) is 1. The molecule has 0 atom stereocenters. The summed E-state index contributed by atoms with van der Waals surface area (Å²) in [5.74, 6) is -0.597. The van der Waals surface area contributed by atoms with E-state index < -0.39 is 17.8 Å². The second kappa shape index (κ2) is 11.7. The maximum atomic E-state index is 12.9. The molecule has 8 heteroatoms. The minimum absolute atomic E-state index is 0.0116. The van der Waals surface area contributed by atoms with Crippen LogP contribution >= 0.6 is 11.6 Å². The Kier molecular flexibility index (Phi) is 7.70. The molecule has 1 N–H and O–H groups in total. The Balaban J connectivity index is 1.17. The minimum atomic E-state index is -0.565. The van der Waals surface area contributed by atoms with Crippen molar-refractivity contribution in [2.45, 2.75) is 13.2 Å². The van der Waals surface area contributed by atoms with Gasteiger partial charge in [0.15, 0.2) is 0 Å². The first-order valence-electron chi connectivity index (χ1n) is 12.1. The number of carbonyl (C=O) groups is 3. The second-order valence-electron chi connectivity index (χ2n) is 8.71. The Labute approximate surface area is 230 Å². The average Bonchev–Trinajstić information content (AvgIpc) is 3.17. The van der Waals surface area contributed by atoms with Crippen molar-refractivity contribution < 1.29 is 23.9 Å². The smallest absolute Gasteiger partial charge is 0.343 e. The Hall–Kier alpha value is -4.88. The number of ether oxygens (including phenoxy) is 2. The SMILES string of the molecule is O=C(Oc1ccc(OCc2ccccc2)cc1)c1ccc(NC2=C(Cl)C(=O)N(Cc3ccccc3)C2=O)cc1. The van der Waals surface area contributed by atoms with Gasteiger partial charge in [0.1, 0.15) is 28.8 Å². The monoisotopic (exact) mass is 538 g/mol. The van der Waals surface area contributed by atoms with Gasteiger partial charge >= 0.3 is 5.97 Å². The quantitative estimate of drug-likeness (QED) is 0.162. The summed E-state index contributed by atoms with van der Waals surface area (Å²) in [4.78, 5) is 39.1. The van der Waals surface area contributed by atoms with E-state index in [9.17, 15) is 14.4 Å². The summed E-state index contributed by atoms with van der Waals surface area (Å²) in [6, 6.07) is 32.1. The van der Waals surface area contributed by atoms with Crippen LogP contribution in [-0.2, 0) is 22.7 Å². The van der Waals surface area contributed by atoms with Crippen molar-refractivity contribution in [1.82, 2.24) is 4.90 Å². The highest BCUT2D eigenvalue weighted by atomic mass is 35.5. The van der Waals surface area contributed by atoms with Gasteiger partial charge in [0, 0.05) is 5.69 Å². The van der Waals surface area contributed by atoms with E-state index in [1.165, 1.54) is 0 Å². The molecule has 194 valence electrons. The van der Waals surface area contributed by atoms with Gasteiger partial charge in [-0.05, 0) is 59.7 Å². The molecule has 39 heavy (non-hydrogen) atoms. The van der Waals surface area contributed by atoms with Crippen molar-refractivity contribution in [2.75, 3.05) is 5.32 Å². The Morgan fingerprint density at radius 1 is 0.718 bits per heavy atom. The van der Waals surface area contributed by atoms with E-state index in [1.54, 1.807) is 48.5 Å². The lowest BCUT2D eigenvalue weighted by Crippen LogP contribution is -2.31. The van der Waals surface area contributed by atoms with Gasteiger partial charge in [-0.2, -0.15) is 0 Å². The Morgan fingerprint density at radius 3 is 1.95 bits per heavy atom. The number of hydrogen-bond donors (Lipinski definition) is 1. The Bertz CT molecular complexity index is 1520. The fraction of sp³-hybridized carbons (Fsp3) is 0.0645. The predicted octanol–water partition coefficient (Wildman–Crippen LogP) is 5.92. The molecule has 4 aromatic carbocycles. The number of hydrogen-bond acceptors (Lipinski definition) is 6. The topological polar surface area (TPSA) is 84.9 Å². The van der Waals surface area contributed by atoms with Crippen LogP contribution in [0.2, 0.25) is 0 Å². The molecule has 7 nitrogen and oxygen atoms in total. The molecule has 0 saturated carbocycles. The van der Waals surface area contributed by atoms with E-state index in [1.807, 2.05) is 60.7 Å². The number of nitrogens with one attached hydrogen (secondary N) is 1. The molecular weight excluding hydrogens is 516 g/mol. The van der Waals surface area contributed by atoms with Crippen LogP contribution < -0.4 is 14.8 Å². The van der Waals surface area contributed by atoms with Crippen molar-refractivity contribution in [2.24, 2.45) is 0 Å². The molecule has 0 radical (unpaired) electrons. The molecule has 0 aliphatic carbocycles. The molecular formula is C31H23ClN2O5. The van der Waals surface area contributed by atoms with Crippen LogP contribution in [0.3, 0.4) is 0 Å². The zero-order valence-electron chi connectivity index (χ0n) is 20.7. The predicted molar refractivity (Wildman–Crippen MR) is 147 cm³/mol. The fourth-order valence-corrected chi connectivity index (χ4v) is 4.14. The first-order valence-corrected chi connectivity index (χ1v) is 12.5. The first-order chi connectivity index (χ1) is 19.0. The van der Waals surface area contributed by atoms with Gasteiger partial charge in [-0.3, -0.25) is 14.5 Å². The zero-order chi connectivity index (χ0) is 27.2. The molecule has 0 aromatic heterocycles. The number of rotatable bonds is 9. The summed E-state index contributed by atoms with van der Waals surface area (Å²) in [5.41, 5.74) is 2.65. The van der Waals surface area contributed by atoms with Gasteiger partial charge in [-0.15, -0.1) is 0 Å². The number of esters is 1. The maximum Gasteiger partial charge on any atom is 0.343 e. The van der Waals surface area contributed by atoms with Gasteiger partial charge in [-0.1, -0.05) is 72.3 Å². The van der Waals surface area contributed by atoms with Crippen molar-refractivity contribution in [3.05, 3.63) is 137 Å². The molecule has 1 aliphatic rings. The zero-order valence-corrected chi connectivity index (χ0v) is 21.4. The summed E-state index contributed by atoms with van der Waals surface area (Å²) >= 11 is 6.19. The third-order valence-corrected chi connectivity index (χ3v) is 6.32. The number of amides is 2. The van der Waals surface area contributed by atoms with E-state index in [4.69, 9.17) is 21.1 Å². The molecule has 5 rings (SSSR count). The molecule has 4 aromatic rings. The normalized spacial score (nSPS) is 13.0. The van der Waals surface area contributed by atoms with E-state index in [-0.39, 0.29) is 17.3 Å². The third kappa shape index (κ3) is 6.17. The summed E-state index contributed by atoms with van der Waals surface area (Å²) in [6.45, 7) is 0.554. The van der Waals surface area contributed by atoms with Gasteiger partial charge < -0.3 is 14.8 Å². The van der Waals surface area contributed by atoms with Crippen molar-refractivity contribution >= 4 is 35.1 Å². The highest BCUT2D eigenvalue weighted by Gasteiger charge is 2.37.